The summed E-state index contributed by atoms with van der Waals surface area (Å²) < 4.78 is 9.17. The molecule has 13 aromatic rings. The Bertz CT molecular complexity index is 3900. The first kappa shape index (κ1) is 39.2. The van der Waals surface area contributed by atoms with Crippen LogP contribution in [-0.4, -0.2) is 19.5 Å². The SMILES string of the molecule is c1ccc(-c2ccc(-c3cccc(-n4c5ccccc5c5cc6oc7cc(-c8nc(-c9cccc(-c%10ccccc%10)c9)nc(-c9cccc(-c%10ccccc%10)c9)n8)ccc7c6cc54)c3)cc2)cc1. The van der Waals surface area contributed by atoms with E-state index < -0.39 is 0 Å². The summed E-state index contributed by atoms with van der Waals surface area (Å²) in [4.78, 5) is 15.5. The fourth-order valence-electron chi connectivity index (χ4n) is 9.67. The van der Waals surface area contributed by atoms with E-state index in [1.165, 1.54) is 22.1 Å². The van der Waals surface area contributed by atoms with Gasteiger partial charge in [0.25, 0.3) is 0 Å². The summed E-state index contributed by atoms with van der Waals surface area (Å²) in [6.45, 7) is 0. The summed E-state index contributed by atoms with van der Waals surface area (Å²) >= 11 is 0. The lowest BCUT2D eigenvalue weighted by Gasteiger charge is -2.11. The highest BCUT2D eigenvalue weighted by Crippen LogP contribution is 2.40. The summed E-state index contributed by atoms with van der Waals surface area (Å²) in [5.74, 6) is 1.77. The number of rotatable bonds is 8. The van der Waals surface area contributed by atoms with Gasteiger partial charge in [-0.2, -0.15) is 0 Å². The molecule has 0 unspecified atom stereocenters. The number of para-hydroxylation sites is 1. The zero-order valence-corrected chi connectivity index (χ0v) is 36.8. The smallest absolute Gasteiger partial charge is 0.164 e. The van der Waals surface area contributed by atoms with Crippen LogP contribution in [-0.2, 0) is 0 Å². The standard InChI is InChI=1S/C63H40N4O/c1-4-15-41(16-5-1)44-29-31-45(32-30-44)48-23-14-26-52(37-48)67-57-28-11-10-27-53(57)55-40-60-56(39-58(55)67)54-34-33-51(38-59(54)68-60)63-65-61(49-24-12-21-46(35-49)42-17-6-2-7-18-42)64-62(66-63)50-25-13-22-47(36-50)43-19-8-3-9-20-43/h1-40H. The van der Waals surface area contributed by atoms with Crippen molar-refractivity contribution in [3.8, 4) is 84.4 Å². The number of benzene rings is 10. The molecule has 0 aliphatic rings. The highest BCUT2D eigenvalue weighted by Gasteiger charge is 2.19. The zero-order valence-electron chi connectivity index (χ0n) is 36.8. The minimum absolute atomic E-state index is 0.569. The molecule has 0 aliphatic carbocycles. The highest BCUT2D eigenvalue weighted by molar-refractivity contribution is 6.17. The first-order valence-electron chi connectivity index (χ1n) is 22.9. The number of nitrogens with zero attached hydrogens (tertiary/aromatic N) is 4. The molecule has 0 atom stereocenters. The Morgan fingerprint density at radius 2 is 0.676 bits per heavy atom. The van der Waals surface area contributed by atoms with Crippen molar-refractivity contribution in [2.75, 3.05) is 0 Å². The van der Waals surface area contributed by atoms with Crippen LogP contribution in [0.4, 0.5) is 0 Å². The van der Waals surface area contributed by atoms with Gasteiger partial charge in [0.15, 0.2) is 17.5 Å². The molecule has 68 heavy (non-hydrogen) atoms. The first-order chi connectivity index (χ1) is 33.7. The normalized spacial score (nSPS) is 11.5. The largest absolute Gasteiger partial charge is 0.456 e. The van der Waals surface area contributed by atoms with Crippen molar-refractivity contribution in [2.24, 2.45) is 0 Å². The van der Waals surface area contributed by atoms with Gasteiger partial charge in [-0.05, 0) is 99.1 Å². The van der Waals surface area contributed by atoms with Crippen molar-refractivity contribution in [2.45, 2.75) is 0 Å². The molecule has 0 N–H and O–H groups in total. The molecule has 13 rings (SSSR count). The predicted octanol–water partition coefficient (Wildman–Crippen LogP) is 16.5. The summed E-state index contributed by atoms with van der Waals surface area (Å²) in [6, 6.07) is 85.3. The van der Waals surface area contributed by atoms with E-state index in [-0.39, 0.29) is 0 Å². The molecule has 5 heteroatoms. The second-order valence-electron chi connectivity index (χ2n) is 17.2. The van der Waals surface area contributed by atoms with E-state index in [0.29, 0.717) is 17.5 Å². The van der Waals surface area contributed by atoms with Crippen LogP contribution in [0.3, 0.4) is 0 Å². The third-order valence-electron chi connectivity index (χ3n) is 13.0. The molecule has 0 radical (unpaired) electrons. The molecule has 318 valence electrons. The predicted molar refractivity (Wildman–Crippen MR) is 279 cm³/mol. The Morgan fingerprint density at radius 1 is 0.250 bits per heavy atom. The summed E-state index contributed by atoms with van der Waals surface area (Å²) in [6.07, 6.45) is 0. The second kappa shape index (κ2) is 16.4. The maximum Gasteiger partial charge on any atom is 0.164 e. The molecule has 5 nitrogen and oxygen atoms in total. The van der Waals surface area contributed by atoms with Crippen molar-refractivity contribution in [3.63, 3.8) is 0 Å². The molecule has 0 saturated heterocycles. The lowest BCUT2D eigenvalue weighted by atomic mass is 10.00. The van der Waals surface area contributed by atoms with Crippen LogP contribution in [0.15, 0.2) is 247 Å². The van der Waals surface area contributed by atoms with Gasteiger partial charge >= 0.3 is 0 Å². The van der Waals surface area contributed by atoms with Crippen LogP contribution in [0.5, 0.6) is 0 Å². The summed E-state index contributed by atoms with van der Waals surface area (Å²) in [7, 11) is 0. The molecule has 0 spiro atoms. The lowest BCUT2D eigenvalue weighted by Crippen LogP contribution is -2.00. The van der Waals surface area contributed by atoms with Crippen molar-refractivity contribution in [3.05, 3.63) is 243 Å². The maximum absolute atomic E-state index is 6.78. The average Bonchev–Trinajstić information content (AvgIpc) is 3.95. The van der Waals surface area contributed by atoms with Crippen molar-refractivity contribution < 1.29 is 4.42 Å². The van der Waals surface area contributed by atoms with Gasteiger partial charge in [-0.1, -0.05) is 188 Å². The second-order valence-corrected chi connectivity index (χ2v) is 17.2. The molecular weight excluding hydrogens is 829 g/mol. The van der Waals surface area contributed by atoms with Gasteiger partial charge in [0, 0.05) is 43.9 Å². The monoisotopic (exact) mass is 868 g/mol. The van der Waals surface area contributed by atoms with E-state index in [9.17, 15) is 0 Å². The molecule has 3 aromatic heterocycles. The Morgan fingerprint density at radius 3 is 1.28 bits per heavy atom. The van der Waals surface area contributed by atoms with Gasteiger partial charge in [-0.15, -0.1) is 0 Å². The number of furan rings is 1. The fourth-order valence-corrected chi connectivity index (χ4v) is 9.67. The van der Waals surface area contributed by atoms with E-state index in [2.05, 4.69) is 235 Å². The Labute approximate surface area is 392 Å². The van der Waals surface area contributed by atoms with Gasteiger partial charge in [-0.3, -0.25) is 0 Å². The maximum atomic E-state index is 6.78. The lowest BCUT2D eigenvalue weighted by molar-refractivity contribution is 0.669. The zero-order chi connectivity index (χ0) is 45.0. The minimum atomic E-state index is 0.569. The van der Waals surface area contributed by atoms with Crippen LogP contribution < -0.4 is 0 Å². The molecule has 0 saturated carbocycles. The molecule has 0 bridgehead atoms. The van der Waals surface area contributed by atoms with Crippen LogP contribution in [0.1, 0.15) is 0 Å². The van der Waals surface area contributed by atoms with Gasteiger partial charge in [0.1, 0.15) is 11.2 Å². The van der Waals surface area contributed by atoms with Gasteiger partial charge in [0.2, 0.25) is 0 Å². The molecule has 0 fully saturated rings. The van der Waals surface area contributed by atoms with Gasteiger partial charge < -0.3 is 8.98 Å². The van der Waals surface area contributed by atoms with Crippen LogP contribution in [0.2, 0.25) is 0 Å². The highest BCUT2D eigenvalue weighted by atomic mass is 16.3. The minimum Gasteiger partial charge on any atom is -0.456 e. The van der Waals surface area contributed by atoms with E-state index in [0.717, 1.165) is 88.6 Å². The van der Waals surface area contributed by atoms with Crippen LogP contribution >= 0.6 is 0 Å². The number of aromatic nitrogens is 4. The summed E-state index contributed by atoms with van der Waals surface area (Å²) in [5.41, 5.74) is 16.8. The molecule has 3 heterocycles. The fraction of sp³-hybridized carbons (Fsp3) is 0. The quantitative estimate of drug-likeness (QED) is 0.153. The Kier molecular flexibility index (Phi) is 9.43. The van der Waals surface area contributed by atoms with E-state index in [1.807, 2.05) is 12.1 Å². The van der Waals surface area contributed by atoms with Crippen molar-refractivity contribution >= 4 is 43.7 Å². The van der Waals surface area contributed by atoms with Crippen LogP contribution in [0.25, 0.3) is 128 Å². The molecule has 10 aromatic carbocycles. The number of fused-ring (bicyclic) bond motifs is 6. The van der Waals surface area contributed by atoms with Gasteiger partial charge in [-0.25, -0.2) is 15.0 Å². The van der Waals surface area contributed by atoms with E-state index in [1.54, 1.807) is 0 Å². The topological polar surface area (TPSA) is 56.7 Å². The summed E-state index contributed by atoms with van der Waals surface area (Å²) in [5, 5.41) is 4.37. The van der Waals surface area contributed by atoms with E-state index >= 15 is 0 Å². The van der Waals surface area contributed by atoms with Crippen molar-refractivity contribution in [1.29, 1.82) is 0 Å². The molecule has 0 aliphatic heterocycles. The Balaban J connectivity index is 0.925. The number of hydrogen-bond acceptors (Lipinski definition) is 4. The third kappa shape index (κ3) is 7.02. The van der Waals surface area contributed by atoms with E-state index in [4.69, 9.17) is 19.4 Å². The first-order valence-corrected chi connectivity index (χ1v) is 22.9. The number of hydrogen-bond donors (Lipinski definition) is 0. The average molecular weight is 869 g/mol. The third-order valence-corrected chi connectivity index (χ3v) is 13.0. The van der Waals surface area contributed by atoms with Crippen LogP contribution in [0, 0.1) is 0 Å². The molecular formula is C63H40N4O. The van der Waals surface area contributed by atoms with Gasteiger partial charge in [0.05, 0.1) is 11.0 Å². The molecule has 0 amide bonds. The Hall–Kier alpha value is -9.19. The van der Waals surface area contributed by atoms with Crippen molar-refractivity contribution in [1.82, 2.24) is 19.5 Å².